The van der Waals surface area contributed by atoms with Crippen LogP contribution in [0.2, 0.25) is 0 Å². The number of aliphatic carboxylic acids is 2. The Morgan fingerprint density at radius 3 is 2.57 bits per heavy atom. The van der Waals surface area contributed by atoms with Gasteiger partial charge in [0.25, 0.3) is 0 Å². The van der Waals surface area contributed by atoms with Crippen LogP contribution in [0.5, 0.6) is 0 Å². The van der Waals surface area contributed by atoms with Crippen LogP contribution in [-0.4, -0.2) is 27.1 Å². The molecule has 1 unspecified atom stereocenters. The minimum atomic E-state index is -1.31. The van der Waals surface area contributed by atoms with Gasteiger partial charge in [-0.15, -0.1) is 0 Å². The normalized spacial score (nSPS) is 24.3. The largest absolute Gasteiger partial charge is 0.481 e. The molecule has 1 saturated carbocycles. The Bertz CT molecular complexity index is 764. The zero-order valence-electron chi connectivity index (χ0n) is 12.5. The first-order valence-corrected chi connectivity index (χ1v) is 7.73. The Kier molecular flexibility index (Phi) is 3.76. The highest BCUT2D eigenvalue weighted by molar-refractivity contribution is 6.39. The molecule has 3 rings (SSSR count). The van der Waals surface area contributed by atoms with E-state index in [1.54, 1.807) is 12.4 Å². The van der Waals surface area contributed by atoms with Crippen molar-refractivity contribution in [3.05, 3.63) is 46.3 Å². The molecule has 0 saturated heterocycles. The summed E-state index contributed by atoms with van der Waals surface area (Å²) in [7, 11) is 0. The zero-order chi connectivity index (χ0) is 16.8. The second kappa shape index (κ2) is 5.49. The molecule has 2 aliphatic rings. The molecule has 5 nitrogen and oxygen atoms in total. The van der Waals surface area contributed by atoms with Crippen LogP contribution in [0.4, 0.5) is 0 Å². The van der Waals surface area contributed by atoms with Crippen molar-refractivity contribution in [2.75, 3.05) is 0 Å². The minimum absolute atomic E-state index is 0.0779. The third kappa shape index (κ3) is 2.88. The number of hydrogen-bond acceptors (Lipinski definition) is 3. The van der Waals surface area contributed by atoms with Gasteiger partial charge in [-0.05, 0) is 42.9 Å². The highest BCUT2D eigenvalue weighted by atomic mass is 35.5. The Morgan fingerprint density at radius 1 is 1.30 bits per heavy atom. The van der Waals surface area contributed by atoms with Gasteiger partial charge < -0.3 is 10.2 Å². The summed E-state index contributed by atoms with van der Waals surface area (Å²) >= 11 is 6.27. The van der Waals surface area contributed by atoms with Gasteiger partial charge in [0, 0.05) is 24.4 Å². The maximum absolute atomic E-state index is 11.6. The highest BCUT2D eigenvalue weighted by Crippen LogP contribution is 2.45. The van der Waals surface area contributed by atoms with E-state index < -0.39 is 17.4 Å². The van der Waals surface area contributed by atoms with Crippen LogP contribution in [0.25, 0.3) is 5.57 Å². The summed E-state index contributed by atoms with van der Waals surface area (Å²) in [4.78, 5) is 27.3. The summed E-state index contributed by atoms with van der Waals surface area (Å²) in [6, 6.07) is 1.92. The van der Waals surface area contributed by atoms with Crippen molar-refractivity contribution in [1.29, 1.82) is 0 Å². The molecule has 6 heteroatoms. The second-order valence-electron chi connectivity index (χ2n) is 6.34. The maximum atomic E-state index is 11.6. The molecule has 0 radical (unpaired) electrons. The molecule has 1 fully saturated rings. The smallest absolute Gasteiger partial charge is 0.333 e. The molecule has 1 heterocycles. The fraction of sp³-hybridized carbons (Fsp3) is 0.353. The van der Waals surface area contributed by atoms with Gasteiger partial charge >= 0.3 is 11.9 Å². The molecule has 23 heavy (non-hydrogen) atoms. The van der Waals surface area contributed by atoms with Crippen LogP contribution < -0.4 is 0 Å². The Balaban J connectivity index is 2.13. The number of halogens is 1. The third-order valence-electron chi connectivity index (χ3n) is 4.37. The van der Waals surface area contributed by atoms with Crippen LogP contribution in [0.1, 0.15) is 43.2 Å². The number of carboxylic acid groups (broad SMARTS) is 2. The van der Waals surface area contributed by atoms with Crippen molar-refractivity contribution in [2.24, 2.45) is 5.41 Å². The molecule has 1 atom stereocenters. The molecular formula is C17H16ClNO4. The van der Waals surface area contributed by atoms with E-state index in [4.69, 9.17) is 11.6 Å². The third-order valence-corrected chi connectivity index (χ3v) is 4.81. The van der Waals surface area contributed by atoms with E-state index in [-0.39, 0.29) is 17.0 Å². The predicted molar refractivity (Wildman–Crippen MR) is 85.1 cm³/mol. The summed E-state index contributed by atoms with van der Waals surface area (Å²) in [5, 5.41) is 18.9. The fourth-order valence-corrected chi connectivity index (χ4v) is 3.11. The number of pyridine rings is 1. The van der Waals surface area contributed by atoms with Crippen molar-refractivity contribution < 1.29 is 19.8 Å². The SMILES string of the molecule is CC1(C(=O)O)C=C(c2cncc(C3CC3)c2)C(Cl)=C(C(=O)O)C1. The standard InChI is InChI=1S/C17H16ClNO4/c1-17(16(22)23)5-12(14(18)13(6-17)15(20)21)11-4-10(7-19-8-11)9-2-3-9/h4-5,7-9H,2-3,6H2,1H3,(H,20,21)(H,22,23). The van der Waals surface area contributed by atoms with E-state index in [1.165, 1.54) is 13.0 Å². The van der Waals surface area contributed by atoms with Gasteiger partial charge in [-0.2, -0.15) is 0 Å². The number of carbonyl (C=O) groups is 2. The van der Waals surface area contributed by atoms with E-state index in [0.29, 0.717) is 17.1 Å². The number of allylic oxidation sites excluding steroid dienone is 2. The van der Waals surface area contributed by atoms with Gasteiger partial charge in [0.2, 0.25) is 0 Å². The van der Waals surface area contributed by atoms with Crippen LogP contribution >= 0.6 is 11.6 Å². The molecule has 0 amide bonds. The lowest BCUT2D eigenvalue weighted by molar-refractivity contribution is -0.145. The molecule has 0 aromatic carbocycles. The van der Waals surface area contributed by atoms with Crippen LogP contribution in [0.3, 0.4) is 0 Å². The maximum Gasteiger partial charge on any atom is 0.333 e. The van der Waals surface area contributed by atoms with Crippen molar-refractivity contribution in [2.45, 2.75) is 32.1 Å². The summed E-state index contributed by atoms with van der Waals surface area (Å²) in [6.45, 7) is 1.50. The summed E-state index contributed by atoms with van der Waals surface area (Å²) in [5.41, 5.74) is 0.774. The predicted octanol–water partition coefficient (Wildman–Crippen LogP) is 3.41. The van der Waals surface area contributed by atoms with Crippen molar-refractivity contribution in [3.63, 3.8) is 0 Å². The molecule has 0 aliphatic heterocycles. The van der Waals surface area contributed by atoms with Crippen LogP contribution in [0, 0.1) is 5.41 Å². The number of rotatable bonds is 4. The molecule has 120 valence electrons. The number of nitrogens with zero attached hydrogens (tertiary/aromatic N) is 1. The highest BCUT2D eigenvalue weighted by Gasteiger charge is 2.39. The molecule has 2 aliphatic carbocycles. The van der Waals surface area contributed by atoms with E-state index in [9.17, 15) is 19.8 Å². The summed E-state index contributed by atoms with van der Waals surface area (Å²) < 4.78 is 0. The Labute approximate surface area is 138 Å². The Hall–Kier alpha value is -2.14. The van der Waals surface area contributed by atoms with E-state index in [0.717, 1.165) is 18.4 Å². The second-order valence-corrected chi connectivity index (χ2v) is 6.71. The zero-order valence-corrected chi connectivity index (χ0v) is 13.3. The van der Waals surface area contributed by atoms with Gasteiger partial charge in [0.05, 0.1) is 16.0 Å². The lowest BCUT2D eigenvalue weighted by Crippen LogP contribution is -2.30. The lowest BCUT2D eigenvalue weighted by Gasteiger charge is -2.28. The average Bonchev–Trinajstić information content (AvgIpc) is 3.34. The number of hydrogen-bond donors (Lipinski definition) is 2. The molecular weight excluding hydrogens is 318 g/mol. The monoisotopic (exact) mass is 333 g/mol. The van der Waals surface area contributed by atoms with Crippen LogP contribution in [0.15, 0.2) is 35.1 Å². The van der Waals surface area contributed by atoms with E-state index in [1.807, 2.05) is 6.07 Å². The van der Waals surface area contributed by atoms with Gasteiger partial charge in [0.15, 0.2) is 0 Å². The van der Waals surface area contributed by atoms with E-state index in [2.05, 4.69) is 4.98 Å². The quantitative estimate of drug-likeness (QED) is 0.881. The topological polar surface area (TPSA) is 87.5 Å². The van der Waals surface area contributed by atoms with Crippen molar-refractivity contribution in [3.8, 4) is 0 Å². The fourth-order valence-electron chi connectivity index (χ4n) is 2.80. The summed E-state index contributed by atoms with van der Waals surface area (Å²) in [5.74, 6) is -1.79. The first-order valence-electron chi connectivity index (χ1n) is 7.36. The number of aromatic nitrogens is 1. The van der Waals surface area contributed by atoms with Gasteiger partial charge in [-0.1, -0.05) is 17.7 Å². The first-order chi connectivity index (χ1) is 10.8. The lowest BCUT2D eigenvalue weighted by atomic mass is 9.76. The van der Waals surface area contributed by atoms with Gasteiger partial charge in [-0.25, -0.2) is 4.79 Å². The Morgan fingerprint density at radius 2 is 2.00 bits per heavy atom. The van der Waals surface area contributed by atoms with Crippen molar-refractivity contribution >= 4 is 29.1 Å². The molecule has 0 spiro atoms. The van der Waals surface area contributed by atoms with Crippen LogP contribution in [-0.2, 0) is 9.59 Å². The number of carboxylic acids is 2. The first kappa shape index (κ1) is 15.7. The summed E-state index contributed by atoms with van der Waals surface area (Å²) in [6.07, 6.45) is 7.00. The molecule has 0 bridgehead atoms. The minimum Gasteiger partial charge on any atom is -0.481 e. The average molecular weight is 334 g/mol. The van der Waals surface area contributed by atoms with E-state index >= 15 is 0 Å². The molecule has 1 aromatic rings. The van der Waals surface area contributed by atoms with Crippen molar-refractivity contribution in [1.82, 2.24) is 4.98 Å². The van der Waals surface area contributed by atoms with Gasteiger partial charge in [0.1, 0.15) is 0 Å². The molecule has 1 aromatic heterocycles. The van der Waals surface area contributed by atoms with Gasteiger partial charge in [-0.3, -0.25) is 9.78 Å². The molecule has 2 N–H and O–H groups in total.